The van der Waals surface area contributed by atoms with Crippen LogP contribution in [0.15, 0.2) is 30.9 Å². The van der Waals surface area contributed by atoms with Crippen LogP contribution in [0.1, 0.15) is 27.2 Å². The molecule has 8 nitrogen and oxygen atoms in total. The Bertz CT molecular complexity index is 816. The molecule has 1 aromatic carbocycles. The fourth-order valence-corrected chi connectivity index (χ4v) is 2.96. The van der Waals surface area contributed by atoms with E-state index in [1.165, 1.54) is 24.7 Å². The molecule has 0 saturated carbocycles. The van der Waals surface area contributed by atoms with E-state index in [9.17, 15) is 9.59 Å². The third-order valence-electron chi connectivity index (χ3n) is 3.61. The standard InChI is InChI=1S/C15H16Cl3N3O2.C4H9NO2/c1-2-4-20(15(22)21-5-3-19-10-21)6-7-23-14-12(17)8-11(16)9-13(14)18;1-4(2,5)3(6)7/h3,5,8-10H,2,4,6-7H2,1H3;5H2,1-2H3,(H,6,7). The molecular formula is C19H25Cl3N4O4. The van der Waals surface area contributed by atoms with Crippen molar-refractivity contribution in [1.82, 2.24) is 14.5 Å². The number of nitrogens with two attached hydrogens (primary N) is 1. The van der Waals surface area contributed by atoms with E-state index in [0.717, 1.165) is 6.42 Å². The Kier molecular flexibility index (Phi) is 10.4. The van der Waals surface area contributed by atoms with E-state index in [1.54, 1.807) is 29.4 Å². The molecule has 1 aromatic heterocycles. The maximum atomic E-state index is 12.3. The molecule has 0 aliphatic carbocycles. The lowest BCUT2D eigenvalue weighted by Gasteiger charge is -2.22. The third-order valence-corrected chi connectivity index (χ3v) is 4.39. The average Bonchev–Trinajstić information content (AvgIpc) is 3.16. The molecule has 0 spiro atoms. The van der Waals surface area contributed by atoms with Gasteiger partial charge in [0.1, 0.15) is 18.5 Å². The Labute approximate surface area is 190 Å². The number of hydrogen-bond acceptors (Lipinski definition) is 5. The Morgan fingerprint density at radius 1 is 1.23 bits per heavy atom. The summed E-state index contributed by atoms with van der Waals surface area (Å²) < 4.78 is 7.05. The van der Waals surface area contributed by atoms with Gasteiger partial charge in [0.2, 0.25) is 0 Å². The smallest absolute Gasteiger partial charge is 0.329 e. The molecule has 1 amide bonds. The molecule has 0 saturated heterocycles. The minimum absolute atomic E-state index is 0.152. The van der Waals surface area contributed by atoms with Gasteiger partial charge < -0.3 is 20.5 Å². The van der Waals surface area contributed by atoms with Gasteiger partial charge in [0, 0.05) is 24.0 Å². The van der Waals surface area contributed by atoms with Crippen molar-refractivity contribution < 1.29 is 19.4 Å². The highest BCUT2D eigenvalue weighted by Crippen LogP contribution is 2.35. The quantitative estimate of drug-likeness (QED) is 0.608. The number of nitrogens with zero attached hydrogens (tertiary/aromatic N) is 3. The first kappa shape index (κ1) is 26.0. The molecular weight excluding hydrogens is 455 g/mol. The summed E-state index contributed by atoms with van der Waals surface area (Å²) in [5, 5.41) is 9.24. The van der Waals surface area contributed by atoms with E-state index in [-0.39, 0.29) is 12.6 Å². The molecule has 3 N–H and O–H groups in total. The topological polar surface area (TPSA) is 111 Å². The Balaban J connectivity index is 0.000000553. The minimum atomic E-state index is -1.08. The van der Waals surface area contributed by atoms with Gasteiger partial charge in [-0.3, -0.25) is 9.36 Å². The van der Waals surface area contributed by atoms with Crippen LogP contribution in [0, 0.1) is 0 Å². The molecule has 1 heterocycles. The Hall–Kier alpha value is -2.00. The van der Waals surface area contributed by atoms with E-state index in [4.69, 9.17) is 50.4 Å². The molecule has 0 bridgehead atoms. The molecule has 0 aliphatic rings. The maximum Gasteiger partial charge on any atom is 0.329 e. The molecule has 166 valence electrons. The minimum Gasteiger partial charge on any atom is -0.489 e. The number of halogens is 3. The molecule has 0 unspecified atom stereocenters. The number of amides is 1. The summed E-state index contributed by atoms with van der Waals surface area (Å²) in [5.41, 5.74) is 4.00. The number of carboxylic acids is 1. The molecule has 11 heteroatoms. The normalized spacial score (nSPS) is 10.8. The van der Waals surface area contributed by atoms with Crippen LogP contribution in [0.5, 0.6) is 5.75 Å². The summed E-state index contributed by atoms with van der Waals surface area (Å²) in [6.45, 7) is 6.16. The summed E-state index contributed by atoms with van der Waals surface area (Å²) in [7, 11) is 0. The summed E-state index contributed by atoms with van der Waals surface area (Å²) in [4.78, 5) is 27.8. The second kappa shape index (κ2) is 12.0. The van der Waals surface area contributed by atoms with Crippen molar-refractivity contribution in [1.29, 1.82) is 0 Å². The van der Waals surface area contributed by atoms with Crippen LogP contribution in [0.4, 0.5) is 4.79 Å². The number of rotatable bonds is 7. The van der Waals surface area contributed by atoms with Crippen LogP contribution >= 0.6 is 34.8 Å². The molecule has 30 heavy (non-hydrogen) atoms. The van der Waals surface area contributed by atoms with Gasteiger partial charge in [0.05, 0.1) is 16.6 Å². The second-order valence-corrected chi connectivity index (χ2v) is 8.06. The molecule has 2 rings (SSSR count). The monoisotopic (exact) mass is 478 g/mol. The van der Waals surface area contributed by atoms with Gasteiger partial charge in [0.25, 0.3) is 0 Å². The van der Waals surface area contributed by atoms with Crippen LogP contribution in [0.3, 0.4) is 0 Å². The first-order valence-electron chi connectivity index (χ1n) is 9.04. The van der Waals surface area contributed by atoms with Crippen molar-refractivity contribution >= 4 is 46.8 Å². The highest BCUT2D eigenvalue weighted by atomic mass is 35.5. The molecule has 0 radical (unpaired) electrons. The van der Waals surface area contributed by atoms with Crippen molar-refractivity contribution in [3.05, 3.63) is 45.9 Å². The number of hydrogen-bond donors (Lipinski definition) is 2. The van der Waals surface area contributed by atoms with E-state index in [1.807, 2.05) is 6.92 Å². The van der Waals surface area contributed by atoms with Crippen molar-refractivity contribution in [2.75, 3.05) is 19.7 Å². The second-order valence-electron chi connectivity index (χ2n) is 6.81. The number of carbonyl (C=O) groups excluding carboxylic acids is 1. The molecule has 0 aliphatic heterocycles. The zero-order valence-electron chi connectivity index (χ0n) is 16.9. The van der Waals surface area contributed by atoms with Gasteiger partial charge in [-0.25, -0.2) is 9.78 Å². The van der Waals surface area contributed by atoms with Crippen molar-refractivity contribution in [3.63, 3.8) is 0 Å². The number of carbonyl (C=O) groups is 2. The summed E-state index contributed by atoms with van der Waals surface area (Å²) in [6.07, 6.45) is 5.48. The summed E-state index contributed by atoms with van der Waals surface area (Å²) in [5.74, 6) is -0.614. The maximum absolute atomic E-state index is 12.3. The van der Waals surface area contributed by atoms with Crippen LogP contribution in [-0.4, -0.2) is 56.8 Å². The summed E-state index contributed by atoms with van der Waals surface area (Å²) >= 11 is 18.0. The number of imidazole rings is 1. The van der Waals surface area contributed by atoms with E-state index >= 15 is 0 Å². The van der Waals surface area contributed by atoms with Crippen molar-refractivity contribution in [2.24, 2.45) is 5.73 Å². The van der Waals surface area contributed by atoms with Crippen LogP contribution in [0.25, 0.3) is 0 Å². The first-order valence-corrected chi connectivity index (χ1v) is 10.2. The first-order chi connectivity index (χ1) is 14.0. The SMILES string of the molecule is CC(C)(N)C(=O)O.CCCN(CCOc1c(Cl)cc(Cl)cc1Cl)C(=O)n1ccnc1. The Morgan fingerprint density at radius 3 is 2.23 bits per heavy atom. The molecule has 0 fully saturated rings. The highest BCUT2D eigenvalue weighted by Gasteiger charge is 2.19. The van der Waals surface area contributed by atoms with Gasteiger partial charge in [-0.05, 0) is 32.4 Å². The fraction of sp³-hybridized carbons (Fsp3) is 0.421. The average molecular weight is 480 g/mol. The van der Waals surface area contributed by atoms with Gasteiger partial charge in [-0.2, -0.15) is 0 Å². The zero-order chi connectivity index (χ0) is 22.9. The number of carboxylic acid groups (broad SMARTS) is 1. The number of aromatic nitrogens is 2. The van der Waals surface area contributed by atoms with Gasteiger partial charge >= 0.3 is 12.0 Å². The van der Waals surface area contributed by atoms with E-state index in [2.05, 4.69) is 4.98 Å². The van der Waals surface area contributed by atoms with Crippen molar-refractivity contribution in [3.8, 4) is 5.75 Å². The summed E-state index contributed by atoms with van der Waals surface area (Å²) in [6, 6.07) is 2.97. The van der Waals surface area contributed by atoms with Crippen molar-refractivity contribution in [2.45, 2.75) is 32.7 Å². The predicted molar refractivity (Wildman–Crippen MR) is 118 cm³/mol. The highest BCUT2D eigenvalue weighted by molar-refractivity contribution is 6.40. The van der Waals surface area contributed by atoms with E-state index < -0.39 is 11.5 Å². The van der Waals surface area contributed by atoms with Crippen LogP contribution in [-0.2, 0) is 4.79 Å². The lowest BCUT2D eigenvalue weighted by atomic mass is 10.1. The van der Waals surface area contributed by atoms with Crippen LogP contribution in [0.2, 0.25) is 15.1 Å². The number of ether oxygens (including phenoxy) is 1. The Morgan fingerprint density at radius 2 is 1.80 bits per heavy atom. The van der Waals surface area contributed by atoms with Gasteiger partial charge in [-0.1, -0.05) is 41.7 Å². The predicted octanol–water partition coefficient (Wildman–Crippen LogP) is 4.41. The van der Waals surface area contributed by atoms with Gasteiger partial charge in [0.15, 0.2) is 5.75 Å². The zero-order valence-corrected chi connectivity index (χ0v) is 19.2. The number of aliphatic carboxylic acids is 1. The van der Waals surface area contributed by atoms with Gasteiger partial charge in [-0.15, -0.1) is 0 Å². The largest absolute Gasteiger partial charge is 0.489 e. The number of benzene rings is 1. The lowest BCUT2D eigenvalue weighted by molar-refractivity contribution is -0.141. The molecule has 0 atom stereocenters. The van der Waals surface area contributed by atoms with Crippen LogP contribution < -0.4 is 10.5 Å². The lowest BCUT2D eigenvalue weighted by Crippen LogP contribution is -2.41. The third kappa shape index (κ3) is 8.39. The molecule has 2 aromatic rings. The van der Waals surface area contributed by atoms with E-state index in [0.29, 0.717) is 33.9 Å². The fourth-order valence-electron chi connectivity index (χ4n) is 2.03.